The van der Waals surface area contributed by atoms with Crippen LogP contribution in [0.5, 0.6) is 0 Å². The fraction of sp³-hybridized carbons (Fsp3) is 1.00. The number of nitrogens with two attached hydrogens (primary N) is 1. The van der Waals surface area contributed by atoms with Gasteiger partial charge >= 0.3 is 0 Å². The van der Waals surface area contributed by atoms with Gasteiger partial charge in [-0.05, 0) is 31.4 Å². The summed E-state index contributed by atoms with van der Waals surface area (Å²) in [5, 5.41) is 0. The van der Waals surface area contributed by atoms with Crippen LogP contribution in [0.2, 0.25) is 0 Å². The largest absolute Gasteiger partial charge is 0.374 e. The molecule has 0 amide bonds. The number of ether oxygens (including phenoxy) is 2. The lowest BCUT2D eigenvalue weighted by Gasteiger charge is -2.42. The van der Waals surface area contributed by atoms with Crippen molar-refractivity contribution in [1.29, 1.82) is 0 Å². The third-order valence-electron chi connectivity index (χ3n) is 4.59. The highest BCUT2D eigenvalue weighted by molar-refractivity contribution is 7.99. The summed E-state index contributed by atoms with van der Waals surface area (Å²) in [7, 11) is 0. The van der Waals surface area contributed by atoms with Gasteiger partial charge in [0.1, 0.15) is 0 Å². The van der Waals surface area contributed by atoms with Gasteiger partial charge in [0.05, 0.1) is 17.3 Å². The van der Waals surface area contributed by atoms with Crippen LogP contribution in [0, 0.1) is 0 Å². The maximum Gasteiger partial charge on any atom is 0.0805 e. The third kappa shape index (κ3) is 3.03. The molecule has 4 heteroatoms. The van der Waals surface area contributed by atoms with Gasteiger partial charge < -0.3 is 15.2 Å². The lowest BCUT2D eigenvalue weighted by Crippen LogP contribution is -2.48. The first-order chi connectivity index (χ1) is 8.67. The van der Waals surface area contributed by atoms with E-state index in [2.05, 4.69) is 13.8 Å². The highest BCUT2D eigenvalue weighted by Gasteiger charge is 2.42. The monoisotopic (exact) mass is 273 g/mol. The van der Waals surface area contributed by atoms with Crippen molar-refractivity contribution in [3.8, 4) is 0 Å². The summed E-state index contributed by atoms with van der Waals surface area (Å²) in [4.78, 5) is 0. The van der Waals surface area contributed by atoms with Crippen LogP contribution in [0.1, 0.15) is 46.0 Å². The Morgan fingerprint density at radius 3 is 2.78 bits per heavy atom. The fourth-order valence-electron chi connectivity index (χ4n) is 3.05. The molecule has 18 heavy (non-hydrogen) atoms. The van der Waals surface area contributed by atoms with Gasteiger partial charge in [0.2, 0.25) is 0 Å². The van der Waals surface area contributed by atoms with Crippen molar-refractivity contribution < 1.29 is 9.47 Å². The van der Waals surface area contributed by atoms with Crippen LogP contribution >= 0.6 is 11.8 Å². The van der Waals surface area contributed by atoms with E-state index >= 15 is 0 Å². The second-order valence-electron chi connectivity index (χ2n) is 5.66. The maximum atomic E-state index is 6.40. The molecule has 1 spiro atoms. The van der Waals surface area contributed by atoms with Crippen molar-refractivity contribution in [2.24, 2.45) is 5.73 Å². The minimum atomic E-state index is -0.116. The Hall–Kier alpha value is 0.230. The number of thioether (sulfide) groups is 1. The second kappa shape index (κ2) is 6.12. The molecule has 0 aromatic carbocycles. The minimum Gasteiger partial charge on any atom is -0.374 e. The number of rotatable bonds is 5. The fourth-order valence-corrected chi connectivity index (χ4v) is 4.43. The number of hydrogen-bond acceptors (Lipinski definition) is 4. The van der Waals surface area contributed by atoms with Crippen molar-refractivity contribution in [1.82, 2.24) is 0 Å². The van der Waals surface area contributed by atoms with Crippen LogP contribution in [0.3, 0.4) is 0 Å². The molecule has 0 radical (unpaired) electrons. The van der Waals surface area contributed by atoms with E-state index in [4.69, 9.17) is 15.2 Å². The Labute approximate surface area is 115 Å². The standard InChI is InChI=1S/C14H27NO2S/c1-3-13(4-2,10-15)17-12-5-7-16-14(9-12)6-8-18-11-14/h12H,3-11,15H2,1-2H3. The van der Waals surface area contributed by atoms with Gasteiger partial charge in [-0.25, -0.2) is 0 Å². The lowest BCUT2D eigenvalue weighted by molar-refractivity contribution is -0.167. The molecule has 0 saturated carbocycles. The van der Waals surface area contributed by atoms with Crippen LogP contribution in [-0.2, 0) is 9.47 Å². The van der Waals surface area contributed by atoms with Gasteiger partial charge in [0.25, 0.3) is 0 Å². The van der Waals surface area contributed by atoms with E-state index in [0.29, 0.717) is 12.6 Å². The van der Waals surface area contributed by atoms with Gasteiger partial charge in [0.15, 0.2) is 0 Å². The molecule has 2 heterocycles. The molecule has 2 aliphatic heterocycles. The summed E-state index contributed by atoms with van der Waals surface area (Å²) in [6.07, 6.45) is 5.60. The van der Waals surface area contributed by atoms with Crippen molar-refractivity contribution in [3.63, 3.8) is 0 Å². The van der Waals surface area contributed by atoms with E-state index in [1.165, 1.54) is 12.2 Å². The van der Waals surface area contributed by atoms with Crippen LogP contribution < -0.4 is 5.73 Å². The molecule has 0 bridgehead atoms. The highest BCUT2D eigenvalue weighted by Crippen LogP contribution is 2.40. The average Bonchev–Trinajstić information content (AvgIpc) is 2.84. The van der Waals surface area contributed by atoms with Gasteiger partial charge in [-0.2, -0.15) is 11.8 Å². The molecule has 3 nitrogen and oxygen atoms in total. The Kier molecular flexibility index (Phi) is 4.98. The molecule has 2 atom stereocenters. The molecular weight excluding hydrogens is 246 g/mol. The maximum absolute atomic E-state index is 6.40. The van der Waals surface area contributed by atoms with Crippen molar-refractivity contribution in [2.45, 2.75) is 63.3 Å². The summed E-state index contributed by atoms with van der Waals surface area (Å²) >= 11 is 2.01. The van der Waals surface area contributed by atoms with E-state index in [9.17, 15) is 0 Å². The zero-order valence-electron chi connectivity index (χ0n) is 11.7. The smallest absolute Gasteiger partial charge is 0.0805 e. The first-order valence-corrected chi connectivity index (χ1v) is 8.42. The summed E-state index contributed by atoms with van der Waals surface area (Å²) in [5.41, 5.74) is 5.92. The molecule has 2 aliphatic rings. The Bertz CT molecular complexity index is 254. The molecule has 2 saturated heterocycles. The molecular formula is C14H27NO2S. The topological polar surface area (TPSA) is 44.5 Å². The quantitative estimate of drug-likeness (QED) is 0.836. The zero-order valence-corrected chi connectivity index (χ0v) is 12.6. The van der Waals surface area contributed by atoms with Gasteiger partial charge in [0, 0.05) is 25.3 Å². The van der Waals surface area contributed by atoms with Crippen LogP contribution in [-0.4, -0.2) is 42.0 Å². The highest BCUT2D eigenvalue weighted by atomic mass is 32.2. The normalized spacial score (nSPS) is 33.2. The van der Waals surface area contributed by atoms with Crippen LogP contribution in [0.25, 0.3) is 0 Å². The molecule has 2 unspecified atom stereocenters. The Morgan fingerprint density at radius 2 is 2.22 bits per heavy atom. The van der Waals surface area contributed by atoms with Crippen LogP contribution in [0.4, 0.5) is 0 Å². The lowest BCUT2D eigenvalue weighted by atomic mass is 9.90. The van der Waals surface area contributed by atoms with Crippen molar-refractivity contribution in [2.75, 3.05) is 24.7 Å². The molecule has 2 fully saturated rings. The minimum absolute atomic E-state index is 0.107. The predicted molar refractivity (Wildman–Crippen MR) is 77.1 cm³/mol. The van der Waals surface area contributed by atoms with Gasteiger partial charge in [-0.1, -0.05) is 13.8 Å². The first kappa shape index (κ1) is 14.6. The molecule has 0 aromatic rings. The predicted octanol–water partition coefficient (Wildman–Crippen LogP) is 2.58. The zero-order chi connectivity index (χ0) is 13.1. The SMILES string of the molecule is CCC(CC)(CN)OC1CCOC2(CCSC2)C1. The van der Waals surface area contributed by atoms with E-state index in [-0.39, 0.29) is 11.2 Å². The second-order valence-corrected chi connectivity index (χ2v) is 6.77. The van der Waals surface area contributed by atoms with E-state index in [0.717, 1.165) is 38.0 Å². The number of hydrogen-bond donors (Lipinski definition) is 1. The summed E-state index contributed by atoms with van der Waals surface area (Å²) in [6.45, 7) is 5.83. The van der Waals surface area contributed by atoms with Gasteiger partial charge in [-0.3, -0.25) is 0 Å². The summed E-state index contributed by atoms with van der Waals surface area (Å²) < 4.78 is 12.4. The molecule has 2 rings (SSSR count). The van der Waals surface area contributed by atoms with Crippen LogP contribution in [0.15, 0.2) is 0 Å². The summed E-state index contributed by atoms with van der Waals surface area (Å²) in [6, 6.07) is 0. The Morgan fingerprint density at radius 1 is 1.44 bits per heavy atom. The molecule has 0 aromatic heterocycles. The molecule has 0 aliphatic carbocycles. The summed E-state index contributed by atoms with van der Waals surface area (Å²) in [5.74, 6) is 2.37. The molecule has 2 N–H and O–H groups in total. The van der Waals surface area contributed by atoms with Crippen molar-refractivity contribution >= 4 is 11.8 Å². The molecule has 106 valence electrons. The third-order valence-corrected chi connectivity index (χ3v) is 5.82. The van der Waals surface area contributed by atoms with Crippen molar-refractivity contribution in [3.05, 3.63) is 0 Å². The van der Waals surface area contributed by atoms with E-state index in [1.807, 2.05) is 11.8 Å². The van der Waals surface area contributed by atoms with Gasteiger partial charge in [-0.15, -0.1) is 0 Å². The van der Waals surface area contributed by atoms with E-state index < -0.39 is 0 Å². The first-order valence-electron chi connectivity index (χ1n) is 7.27. The average molecular weight is 273 g/mol. The Balaban J connectivity index is 1.96. The van der Waals surface area contributed by atoms with E-state index in [1.54, 1.807) is 0 Å².